The van der Waals surface area contributed by atoms with Gasteiger partial charge in [-0.1, -0.05) is 6.07 Å². The molecule has 5 heterocycles. The van der Waals surface area contributed by atoms with Crippen LogP contribution in [0, 0.1) is 23.2 Å². The lowest BCUT2D eigenvalue weighted by Crippen LogP contribution is -2.17. The van der Waals surface area contributed by atoms with Gasteiger partial charge in [0.15, 0.2) is 17.2 Å². The highest BCUT2D eigenvalue weighted by Crippen LogP contribution is 2.34. The number of hydrogen-bond acceptors (Lipinski definition) is 8. The van der Waals surface area contributed by atoms with Crippen LogP contribution in [-0.4, -0.2) is 42.0 Å². The fourth-order valence-electron chi connectivity index (χ4n) is 4.76. The van der Waals surface area contributed by atoms with Crippen molar-refractivity contribution >= 4 is 56.9 Å². The van der Waals surface area contributed by atoms with Gasteiger partial charge in [-0.25, -0.2) is 29.3 Å². The Morgan fingerprint density at radius 2 is 1.98 bits per heavy atom. The number of benzene rings is 1. The number of hydrogen-bond donors (Lipinski definition) is 2. The molecule has 0 aliphatic carbocycles. The number of pyridine rings is 2. The Morgan fingerprint density at radius 1 is 1.10 bits per heavy atom. The Kier molecular flexibility index (Phi) is 7.58. The van der Waals surface area contributed by atoms with Crippen LogP contribution in [0.2, 0.25) is 0 Å². The van der Waals surface area contributed by atoms with Gasteiger partial charge in [0.05, 0.1) is 9.90 Å². The second kappa shape index (κ2) is 11.4. The van der Waals surface area contributed by atoms with Gasteiger partial charge in [0.25, 0.3) is 5.91 Å². The van der Waals surface area contributed by atoms with Crippen LogP contribution in [0.5, 0.6) is 0 Å². The Hall–Kier alpha value is -4.04. The first-order valence-corrected chi connectivity index (χ1v) is 14.2. The van der Waals surface area contributed by atoms with Crippen LogP contribution in [0.4, 0.5) is 21.6 Å². The van der Waals surface area contributed by atoms with Crippen molar-refractivity contribution in [2.24, 2.45) is 0 Å². The number of anilines is 3. The second-order valence-corrected chi connectivity index (χ2v) is 10.9. The topological polar surface area (TPSA) is 120 Å². The Balaban J connectivity index is 1.30. The van der Waals surface area contributed by atoms with Gasteiger partial charge in [-0.15, -0.1) is 0 Å². The number of ether oxygens (including phenoxy) is 1. The predicted molar refractivity (Wildman–Crippen MR) is 161 cm³/mol. The number of rotatable bonds is 6. The van der Waals surface area contributed by atoms with E-state index >= 15 is 0 Å². The number of fused-ring (bicyclic) bond motifs is 1. The molecule has 1 amide bonds. The molecule has 2 N–H and O–H groups in total. The van der Waals surface area contributed by atoms with Gasteiger partial charge in [-0.05, 0) is 91.1 Å². The van der Waals surface area contributed by atoms with Crippen molar-refractivity contribution in [1.29, 1.82) is 0 Å². The van der Waals surface area contributed by atoms with E-state index in [1.807, 2.05) is 52.3 Å². The van der Waals surface area contributed by atoms with E-state index in [2.05, 4.69) is 35.6 Å². The Bertz CT molecular complexity index is 1770. The number of carbonyl (C=O) groups is 1. The number of imidazole rings is 1. The van der Waals surface area contributed by atoms with Crippen LogP contribution in [0.3, 0.4) is 0 Å². The van der Waals surface area contributed by atoms with Crippen molar-refractivity contribution in [2.75, 3.05) is 17.2 Å². The Morgan fingerprint density at radius 3 is 2.80 bits per heavy atom. The number of aromatic nitrogens is 6. The average molecular weight is 664 g/mol. The fourth-order valence-corrected chi connectivity index (χ4v) is 5.16. The number of amides is 1. The molecule has 41 heavy (non-hydrogen) atoms. The Labute approximate surface area is 249 Å². The van der Waals surface area contributed by atoms with Gasteiger partial charge in [-0.3, -0.25) is 9.36 Å². The molecule has 6 rings (SSSR count). The molecule has 1 aromatic carbocycles. The van der Waals surface area contributed by atoms with Crippen LogP contribution < -0.4 is 10.6 Å². The molecule has 0 saturated carbocycles. The largest absolute Gasteiger partial charge is 0.358 e. The standard InChI is InChI=1S/C29H26FIN8O2/c1-16-8-9-18(37-29(40)25-22(30)23(31)17(2)13-33-25)12-20(16)38-27-19(6-5-10-32-27)24-26-28(35-14-34-24)39(15-36-26)21-7-3-4-11-41-21/h5-6,8-10,12-15,21H,3-4,7,11H2,1-2H3,(H,32,38)(H,37,40). The molecule has 10 nitrogen and oxygen atoms in total. The fraction of sp³-hybridized carbons (Fsp3) is 0.241. The predicted octanol–water partition coefficient (Wildman–Crippen LogP) is 6.34. The number of halogens is 2. The number of nitrogens with one attached hydrogen (secondary N) is 2. The molecule has 0 spiro atoms. The summed E-state index contributed by atoms with van der Waals surface area (Å²) in [7, 11) is 0. The van der Waals surface area contributed by atoms with Crippen LogP contribution >= 0.6 is 22.6 Å². The maximum atomic E-state index is 14.7. The molecular formula is C29H26FIN8O2. The molecule has 0 radical (unpaired) electrons. The highest BCUT2D eigenvalue weighted by molar-refractivity contribution is 14.1. The van der Waals surface area contributed by atoms with E-state index in [4.69, 9.17) is 4.74 Å². The third-order valence-electron chi connectivity index (χ3n) is 6.99. The summed E-state index contributed by atoms with van der Waals surface area (Å²) in [5.41, 5.74) is 5.24. The highest BCUT2D eigenvalue weighted by atomic mass is 127. The molecule has 5 aromatic rings. The van der Waals surface area contributed by atoms with Crippen LogP contribution in [0.25, 0.3) is 22.4 Å². The zero-order chi connectivity index (χ0) is 28.5. The third-order valence-corrected chi connectivity index (χ3v) is 8.31. The minimum Gasteiger partial charge on any atom is -0.358 e. The summed E-state index contributed by atoms with van der Waals surface area (Å²) < 4.78 is 23.0. The van der Waals surface area contributed by atoms with Gasteiger partial charge < -0.3 is 15.4 Å². The molecule has 1 saturated heterocycles. The second-order valence-electron chi connectivity index (χ2n) is 9.79. The maximum absolute atomic E-state index is 14.7. The molecule has 208 valence electrons. The minimum absolute atomic E-state index is 0.101. The van der Waals surface area contributed by atoms with E-state index in [0.717, 1.165) is 30.4 Å². The van der Waals surface area contributed by atoms with Gasteiger partial charge in [-0.2, -0.15) is 0 Å². The summed E-state index contributed by atoms with van der Waals surface area (Å²) in [4.78, 5) is 35.2. The van der Waals surface area contributed by atoms with Crippen molar-refractivity contribution in [3.63, 3.8) is 0 Å². The lowest BCUT2D eigenvalue weighted by Gasteiger charge is -2.23. The number of nitrogens with zero attached hydrogens (tertiary/aromatic N) is 6. The monoisotopic (exact) mass is 664 g/mol. The van der Waals surface area contributed by atoms with Crippen LogP contribution in [-0.2, 0) is 4.74 Å². The molecule has 0 bridgehead atoms. The maximum Gasteiger partial charge on any atom is 0.277 e. The van der Waals surface area contributed by atoms with Crippen molar-refractivity contribution in [3.8, 4) is 11.3 Å². The first-order chi connectivity index (χ1) is 19.9. The number of carbonyl (C=O) groups excluding carboxylic acids is 1. The highest BCUT2D eigenvalue weighted by Gasteiger charge is 2.22. The van der Waals surface area contributed by atoms with Crippen molar-refractivity contribution in [2.45, 2.75) is 39.3 Å². The van der Waals surface area contributed by atoms with Gasteiger partial charge >= 0.3 is 0 Å². The summed E-state index contributed by atoms with van der Waals surface area (Å²) in [6.07, 6.45) is 9.40. The molecular weight excluding hydrogens is 638 g/mol. The van der Waals surface area contributed by atoms with E-state index in [9.17, 15) is 9.18 Å². The summed E-state index contributed by atoms with van der Waals surface area (Å²) in [6.45, 7) is 4.40. The smallest absolute Gasteiger partial charge is 0.277 e. The molecule has 1 aliphatic heterocycles. The molecule has 4 aromatic heterocycles. The van der Waals surface area contributed by atoms with Crippen molar-refractivity contribution < 1.29 is 13.9 Å². The molecule has 1 fully saturated rings. The first kappa shape index (κ1) is 27.1. The van der Waals surface area contributed by atoms with Crippen molar-refractivity contribution in [3.05, 3.63) is 81.6 Å². The minimum atomic E-state index is -0.639. The lowest BCUT2D eigenvalue weighted by atomic mass is 10.1. The van der Waals surface area contributed by atoms with Gasteiger partial charge in [0.2, 0.25) is 0 Å². The molecule has 12 heteroatoms. The van der Waals surface area contributed by atoms with Crippen LogP contribution in [0.1, 0.15) is 47.1 Å². The quantitative estimate of drug-likeness (QED) is 0.202. The lowest BCUT2D eigenvalue weighted by molar-refractivity contribution is -0.0298. The summed E-state index contributed by atoms with van der Waals surface area (Å²) in [6, 6.07) is 9.14. The molecule has 1 unspecified atom stereocenters. The SMILES string of the molecule is Cc1ccc(NC(=O)c2ncc(C)c(I)c2F)cc1Nc1ncccc1-c1ncnc2c1ncn2C1CCCCO1. The first-order valence-electron chi connectivity index (χ1n) is 13.1. The van der Waals surface area contributed by atoms with Gasteiger partial charge in [0.1, 0.15) is 29.6 Å². The molecule has 1 aliphatic rings. The van der Waals surface area contributed by atoms with E-state index in [1.165, 1.54) is 12.5 Å². The average Bonchev–Trinajstić information content (AvgIpc) is 3.43. The van der Waals surface area contributed by atoms with E-state index in [0.29, 0.717) is 49.8 Å². The van der Waals surface area contributed by atoms with Crippen LogP contribution in [0.15, 0.2) is 55.4 Å². The zero-order valence-corrected chi connectivity index (χ0v) is 24.5. The van der Waals surface area contributed by atoms with E-state index < -0.39 is 11.7 Å². The normalized spacial score (nSPS) is 15.2. The summed E-state index contributed by atoms with van der Waals surface area (Å²) in [5, 5.41) is 6.14. The van der Waals surface area contributed by atoms with Gasteiger partial charge in [0, 0.05) is 35.9 Å². The molecule has 1 atom stereocenters. The summed E-state index contributed by atoms with van der Waals surface area (Å²) in [5.74, 6) is -0.710. The zero-order valence-electron chi connectivity index (χ0n) is 22.4. The van der Waals surface area contributed by atoms with E-state index in [1.54, 1.807) is 31.6 Å². The van der Waals surface area contributed by atoms with E-state index in [-0.39, 0.29) is 11.9 Å². The third kappa shape index (κ3) is 5.36. The number of aryl methyl sites for hydroxylation is 2. The summed E-state index contributed by atoms with van der Waals surface area (Å²) >= 11 is 1.87. The van der Waals surface area contributed by atoms with Crippen molar-refractivity contribution in [1.82, 2.24) is 29.5 Å².